The quantitative estimate of drug-likeness (QED) is 0.448. The SMILES string of the molecule is C[Si](C)(C)C#Cc1c2c(cc3ccccc13)-c1ccccc1C2O. The summed E-state index contributed by atoms with van der Waals surface area (Å²) in [6.07, 6.45) is -0.591. The molecule has 0 aliphatic heterocycles. The zero-order valence-corrected chi connectivity index (χ0v) is 15.2. The highest BCUT2D eigenvalue weighted by molar-refractivity contribution is 6.83. The highest BCUT2D eigenvalue weighted by atomic mass is 28.3. The summed E-state index contributed by atoms with van der Waals surface area (Å²) in [4.78, 5) is 0. The monoisotopic (exact) mass is 328 g/mol. The van der Waals surface area contributed by atoms with Crippen molar-refractivity contribution in [3.8, 4) is 22.6 Å². The van der Waals surface area contributed by atoms with Crippen LogP contribution in [0.25, 0.3) is 21.9 Å². The molecule has 0 radical (unpaired) electrons. The highest BCUT2D eigenvalue weighted by Crippen LogP contribution is 2.46. The van der Waals surface area contributed by atoms with E-state index in [1.54, 1.807) is 0 Å². The Labute approximate surface area is 144 Å². The number of benzene rings is 3. The third-order valence-electron chi connectivity index (χ3n) is 4.47. The zero-order valence-electron chi connectivity index (χ0n) is 14.2. The van der Waals surface area contributed by atoms with Gasteiger partial charge >= 0.3 is 0 Å². The molecule has 1 atom stereocenters. The minimum atomic E-state index is -1.50. The molecule has 1 aliphatic rings. The fourth-order valence-electron chi connectivity index (χ4n) is 3.39. The molecule has 0 saturated heterocycles. The Balaban J connectivity index is 2.10. The Morgan fingerprint density at radius 3 is 2.42 bits per heavy atom. The van der Waals surface area contributed by atoms with Crippen molar-refractivity contribution in [2.75, 3.05) is 0 Å². The maximum Gasteiger partial charge on any atom is 0.129 e. The molecule has 2 heteroatoms. The first kappa shape index (κ1) is 15.2. The lowest BCUT2D eigenvalue weighted by Gasteiger charge is -2.12. The van der Waals surface area contributed by atoms with Crippen LogP contribution in [-0.4, -0.2) is 13.2 Å². The lowest BCUT2D eigenvalue weighted by molar-refractivity contribution is 0.225. The molecule has 0 saturated carbocycles. The summed E-state index contributed by atoms with van der Waals surface area (Å²) in [5.74, 6) is 3.44. The Bertz CT molecular complexity index is 1020. The number of fused-ring (bicyclic) bond motifs is 4. The van der Waals surface area contributed by atoms with Crippen LogP contribution in [0.4, 0.5) is 0 Å². The predicted octanol–water partition coefficient (Wildman–Crippen LogP) is 5.13. The molecule has 0 spiro atoms. The lowest BCUT2D eigenvalue weighted by atomic mass is 9.94. The first-order chi connectivity index (χ1) is 11.5. The van der Waals surface area contributed by atoms with E-state index >= 15 is 0 Å². The second-order valence-electron chi connectivity index (χ2n) is 7.42. The van der Waals surface area contributed by atoms with Crippen LogP contribution in [0, 0.1) is 11.5 Å². The van der Waals surface area contributed by atoms with Crippen LogP contribution in [0.2, 0.25) is 19.6 Å². The number of aliphatic hydroxyl groups is 1. The maximum absolute atomic E-state index is 10.9. The molecule has 0 bridgehead atoms. The van der Waals surface area contributed by atoms with E-state index in [9.17, 15) is 5.11 Å². The Morgan fingerprint density at radius 2 is 1.62 bits per heavy atom. The average molecular weight is 328 g/mol. The number of rotatable bonds is 0. The summed E-state index contributed by atoms with van der Waals surface area (Å²) in [6, 6.07) is 18.7. The average Bonchev–Trinajstić information content (AvgIpc) is 2.84. The first-order valence-corrected chi connectivity index (χ1v) is 11.8. The van der Waals surface area contributed by atoms with E-state index in [4.69, 9.17) is 0 Å². The molecule has 0 amide bonds. The van der Waals surface area contributed by atoms with Gasteiger partial charge in [-0.05, 0) is 33.5 Å². The van der Waals surface area contributed by atoms with Gasteiger partial charge in [-0.15, -0.1) is 5.54 Å². The Hall–Kier alpha value is -2.34. The summed E-state index contributed by atoms with van der Waals surface area (Å²) >= 11 is 0. The smallest absolute Gasteiger partial charge is 0.129 e. The normalized spacial score (nSPS) is 15.6. The Kier molecular flexibility index (Phi) is 3.38. The van der Waals surface area contributed by atoms with Crippen molar-refractivity contribution >= 4 is 18.8 Å². The van der Waals surface area contributed by atoms with Gasteiger partial charge in [0, 0.05) is 11.1 Å². The van der Waals surface area contributed by atoms with Crippen molar-refractivity contribution in [3.63, 3.8) is 0 Å². The highest BCUT2D eigenvalue weighted by Gasteiger charge is 2.30. The second kappa shape index (κ2) is 5.34. The molecule has 4 rings (SSSR count). The van der Waals surface area contributed by atoms with Crippen LogP contribution < -0.4 is 0 Å². The van der Waals surface area contributed by atoms with Crippen molar-refractivity contribution in [2.24, 2.45) is 0 Å². The van der Waals surface area contributed by atoms with Gasteiger partial charge in [0.1, 0.15) is 14.2 Å². The lowest BCUT2D eigenvalue weighted by Crippen LogP contribution is -2.16. The number of hydrogen-bond acceptors (Lipinski definition) is 1. The minimum Gasteiger partial charge on any atom is -0.384 e. The second-order valence-corrected chi connectivity index (χ2v) is 12.2. The van der Waals surface area contributed by atoms with Crippen LogP contribution in [0.1, 0.15) is 22.8 Å². The molecule has 0 aromatic heterocycles. The molecule has 1 N–H and O–H groups in total. The van der Waals surface area contributed by atoms with Gasteiger partial charge in [-0.1, -0.05) is 74.1 Å². The molecule has 0 heterocycles. The van der Waals surface area contributed by atoms with Gasteiger partial charge in [0.15, 0.2) is 0 Å². The van der Waals surface area contributed by atoms with Gasteiger partial charge in [-0.2, -0.15) is 0 Å². The molecular weight excluding hydrogens is 308 g/mol. The number of hydrogen-bond donors (Lipinski definition) is 1. The molecule has 1 aliphatic carbocycles. The molecule has 0 fully saturated rings. The van der Waals surface area contributed by atoms with Gasteiger partial charge in [0.05, 0.1) is 0 Å². The standard InChI is InChI=1S/C22H20OSi/c1-24(2,3)13-12-18-16-9-5-4-8-15(16)14-20-17-10-6-7-11-19(17)22(23)21(18)20/h4-11,14,22-23H,1-3H3. The van der Waals surface area contributed by atoms with E-state index in [1.807, 2.05) is 24.3 Å². The molecule has 24 heavy (non-hydrogen) atoms. The number of aliphatic hydroxyl groups excluding tert-OH is 1. The van der Waals surface area contributed by atoms with Gasteiger partial charge in [-0.3, -0.25) is 0 Å². The van der Waals surface area contributed by atoms with Crippen LogP contribution in [0.5, 0.6) is 0 Å². The van der Waals surface area contributed by atoms with Crippen molar-refractivity contribution < 1.29 is 5.11 Å². The molecule has 3 aromatic rings. The fraction of sp³-hybridized carbons (Fsp3) is 0.182. The van der Waals surface area contributed by atoms with Gasteiger partial charge in [0.25, 0.3) is 0 Å². The van der Waals surface area contributed by atoms with Crippen LogP contribution >= 0.6 is 0 Å². The van der Waals surface area contributed by atoms with Crippen molar-refractivity contribution in [2.45, 2.75) is 25.7 Å². The fourth-order valence-corrected chi connectivity index (χ4v) is 3.89. The third-order valence-corrected chi connectivity index (χ3v) is 5.35. The van der Waals surface area contributed by atoms with Gasteiger partial charge in [0.2, 0.25) is 0 Å². The van der Waals surface area contributed by atoms with E-state index in [0.717, 1.165) is 33.2 Å². The first-order valence-electron chi connectivity index (χ1n) is 8.32. The van der Waals surface area contributed by atoms with Crippen LogP contribution in [0.15, 0.2) is 54.6 Å². The van der Waals surface area contributed by atoms with Crippen molar-refractivity contribution in [1.29, 1.82) is 0 Å². The summed E-state index contributed by atoms with van der Waals surface area (Å²) in [6.45, 7) is 6.74. The Morgan fingerprint density at radius 1 is 0.917 bits per heavy atom. The van der Waals surface area contributed by atoms with E-state index in [0.29, 0.717) is 0 Å². The van der Waals surface area contributed by atoms with Crippen LogP contribution in [-0.2, 0) is 0 Å². The molecule has 3 aromatic carbocycles. The van der Waals surface area contributed by atoms with Crippen molar-refractivity contribution in [1.82, 2.24) is 0 Å². The summed E-state index contributed by atoms with van der Waals surface area (Å²) in [5.41, 5.74) is 8.69. The maximum atomic E-state index is 10.9. The van der Waals surface area contributed by atoms with Crippen molar-refractivity contribution in [3.05, 3.63) is 71.3 Å². The summed E-state index contributed by atoms with van der Waals surface area (Å²) < 4.78 is 0. The molecular formula is C22H20OSi. The van der Waals surface area contributed by atoms with Gasteiger partial charge in [-0.25, -0.2) is 0 Å². The summed E-state index contributed by atoms with van der Waals surface area (Å²) in [5, 5.41) is 13.3. The molecule has 118 valence electrons. The predicted molar refractivity (Wildman–Crippen MR) is 104 cm³/mol. The van der Waals surface area contributed by atoms with E-state index in [-0.39, 0.29) is 0 Å². The minimum absolute atomic E-state index is 0.591. The van der Waals surface area contributed by atoms with Gasteiger partial charge < -0.3 is 5.11 Å². The topological polar surface area (TPSA) is 20.2 Å². The zero-order chi connectivity index (χ0) is 16.9. The molecule has 1 unspecified atom stereocenters. The van der Waals surface area contributed by atoms with E-state index < -0.39 is 14.2 Å². The third kappa shape index (κ3) is 2.38. The summed E-state index contributed by atoms with van der Waals surface area (Å²) in [7, 11) is -1.50. The van der Waals surface area contributed by atoms with Crippen LogP contribution in [0.3, 0.4) is 0 Å². The largest absolute Gasteiger partial charge is 0.384 e. The van der Waals surface area contributed by atoms with E-state index in [2.05, 4.69) is 61.4 Å². The molecule has 1 nitrogen and oxygen atoms in total. The van der Waals surface area contributed by atoms with E-state index in [1.165, 1.54) is 5.39 Å².